The highest BCUT2D eigenvalue weighted by Gasteiger charge is 2.33. The minimum absolute atomic E-state index is 0.299. The first-order valence-corrected chi connectivity index (χ1v) is 9.86. The first kappa shape index (κ1) is 18.2. The predicted octanol–water partition coefficient (Wildman–Crippen LogP) is 1.96. The quantitative estimate of drug-likeness (QED) is 0.768. The van der Waals surface area contributed by atoms with Crippen LogP contribution in [-0.2, 0) is 9.53 Å². The highest BCUT2D eigenvalue weighted by molar-refractivity contribution is 5.76. The molecule has 0 unspecified atom stereocenters. The Bertz CT molecular complexity index is 423. The number of carbonyl (C=O) groups is 1. The van der Waals surface area contributed by atoms with Crippen LogP contribution in [0, 0.1) is 0 Å². The largest absolute Gasteiger partial charge is 0.375 e. The van der Waals surface area contributed by atoms with Crippen LogP contribution in [0.25, 0.3) is 0 Å². The zero-order valence-electron chi connectivity index (χ0n) is 15.7. The second-order valence-electron chi connectivity index (χ2n) is 8.16. The third-order valence-electron chi connectivity index (χ3n) is 6.34. The van der Waals surface area contributed by atoms with Crippen molar-refractivity contribution in [1.29, 1.82) is 0 Å². The Morgan fingerprint density at radius 3 is 2.54 bits per heavy atom. The molecular weight excluding hydrogens is 302 g/mol. The fourth-order valence-corrected chi connectivity index (χ4v) is 4.54. The lowest BCUT2D eigenvalue weighted by Crippen LogP contribution is -2.45. The molecular formula is C19H35N3O2. The lowest BCUT2D eigenvalue weighted by molar-refractivity contribution is -0.132. The highest BCUT2D eigenvalue weighted by atomic mass is 16.5. The Morgan fingerprint density at radius 2 is 1.88 bits per heavy atom. The molecule has 1 amide bonds. The summed E-state index contributed by atoms with van der Waals surface area (Å²) in [5, 5.41) is 0. The standard InChI is InChI=1S/C19H35N3O2/c1-15-4-5-18(24-15)6-7-19(23)21(3)17-10-13-22(14-17)16-8-11-20(2)12-9-16/h15-18H,4-14H2,1-3H3/t15-,17+,18-/m1/s1. The average molecular weight is 338 g/mol. The van der Waals surface area contributed by atoms with Crippen molar-refractivity contribution in [3.8, 4) is 0 Å². The van der Waals surface area contributed by atoms with Gasteiger partial charge < -0.3 is 14.5 Å². The Hall–Kier alpha value is -0.650. The van der Waals surface area contributed by atoms with Gasteiger partial charge in [0.1, 0.15) is 0 Å². The zero-order chi connectivity index (χ0) is 17.1. The molecule has 0 aromatic heterocycles. The summed E-state index contributed by atoms with van der Waals surface area (Å²) in [6.45, 7) is 6.76. The number of amides is 1. The van der Waals surface area contributed by atoms with Gasteiger partial charge in [-0.2, -0.15) is 0 Å². The van der Waals surface area contributed by atoms with Gasteiger partial charge in [-0.3, -0.25) is 9.69 Å². The Labute approximate surface area is 147 Å². The van der Waals surface area contributed by atoms with Crippen LogP contribution in [0.15, 0.2) is 0 Å². The number of nitrogens with zero attached hydrogens (tertiary/aromatic N) is 3. The van der Waals surface area contributed by atoms with Gasteiger partial charge in [0, 0.05) is 38.6 Å². The molecule has 24 heavy (non-hydrogen) atoms. The van der Waals surface area contributed by atoms with Crippen LogP contribution in [0.5, 0.6) is 0 Å². The molecule has 0 bridgehead atoms. The monoisotopic (exact) mass is 337 g/mol. The van der Waals surface area contributed by atoms with Crippen molar-refractivity contribution in [3.05, 3.63) is 0 Å². The summed E-state index contributed by atoms with van der Waals surface area (Å²) in [5.41, 5.74) is 0. The van der Waals surface area contributed by atoms with Gasteiger partial charge in [0.05, 0.1) is 12.2 Å². The number of carbonyl (C=O) groups excluding carboxylic acids is 1. The topological polar surface area (TPSA) is 36.0 Å². The minimum Gasteiger partial charge on any atom is -0.375 e. The molecule has 0 N–H and O–H groups in total. The van der Waals surface area contributed by atoms with E-state index in [0.29, 0.717) is 30.6 Å². The maximum absolute atomic E-state index is 12.5. The van der Waals surface area contributed by atoms with Gasteiger partial charge in [0.15, 0.2) is 0 Å². The summed E-state index contributed by atoms with van der Waals surface area (Å²) in [6, 6.07) is 1.13. The van der Waals surface area contributed by atoms with E-state index in [1.165, 1.54) is 25.9 Å². The van der Waals surface area contributed by atoms with E-state index in [4.69, 9.17) is 4.74 Å². The normalized spacial score (nSPS) is 33.2. The van der Waals surface area contributed by atoms with Gasteiger partial charge in [-0.1, -0.05) is 0 Å². The SMILES string of the molecule is C[C@@H]1CC[C@H](CCC(=O)N(C)[C@H]2CCN(C3CCN(C)CC3)C2)O1. The lowest BCUT2D eigenvalue weighted by atomic mass is 10.0. The van der Waals surface area contributed by atoms with Crippen LogP contribution >= 0.6 is 0 Å². The van der Waals surface area contributed by atoms with Gasteiger partial charge in [0.2, 0.25) is 5.91 Å². The summed E-state index contributed by atoms with van der Waals surface area (Å²) >= 11 is 0. The Kier molecular flexibility index (Phi) is 6.17. The summed E-state index contributed by atoms with van der Waals surface area (Å²) in [5.74, 6) is 0.299. The van der Waals surface area contributed by atoms with Gasteiger partial charge in [-0.15, -0.1) is 0 Å². The van der Waals surface area contributed by atoms with Crippen LogP contribution in [-0.4, -0.2) is 85.2 Å². The Morgan fingerprint density at radius 1 is 1.12 bits per heavy atom. The molecule has 3 fully saturated rings. The van der Waals surface area contributed by atoms with Crippen LogP contribution in [0.3, 0.4) is 0 Å². The molecule has 0 aliphatic carbocycles. The maximum atomic E-state index is 12.5. The minimum atomic E-state index is 0.299. The molecule has 3 atom stereocenters. The number of ether oxygens (including phenoxy) is 1. The van der Waals surface area contributed by atoms with E-state index >= 15 is 0 Å². The average Bonchev–Trinajstić information content (AvgIpc) is 3.22. The van der Waals surface area contributed by atoms with Crippen molar-refractivity contribution in [2.45, 2.75) is 76.2 Å². The molecule has 0 aromatic carbocycles. The predicted molar refractivity (Wildman–Crippen MR) is 96.1 cm³/mol. The molecule has 3 rings (SSSR count). The number of hydrogen-bond donors (Lipinski definition) is 0. The van der Waals surface area contributed by atoms with E-state index < -0.39 is 0 Å². The number of rotatable bonds is 5. The van der Waals surface area contributed by atoms with E-state index in [1.54, 1.807) is 0 Å². The molecule has 3 saturated heterocycles. The fourth-order valence-electron chi connectivity index (χ4n) is 4.54. The number of likely N-dealkylation sites (tertiary alicyclic amines) is 2. The number of piperidine rings is 1. The maximum Gasteiger partial charge on any atom is 0.222 e. The van der Waals surface area contributed by atoms with Gasteiger partial charge in [-0.25, -0.2) is 0 Å². The van der Waals surface area contributed by atoms with Crippen LogP contribution in [0.1, 0.15) is 51.9 Å². The van der Waals surface area contributed by atoms with Crippen molar-refractivity contribution in [2.75, 3.05) is 40.3 Å². The molecule has 0 aromatic rings. The van der Waals surface area contributed by atoms with Gasteiger partial charge in [-0.05, 0) is 65.6 Å². The van der Waals surface area contributed by atoms with Gasteiger partial charge in [0.25, 0.3) is 0 Å². The third kappa shape index (κ3) is 4.50. The molecule has 0 spiro atoms. The highest BCUT2D eigenvalue weighted by Crippen LogP contribution is 2.25. The van der Waals surface area contributed by atoms with E-state index in [-0.39, 0.29) is 0 Å². The summed E-state index contributed by atoms with van der Waals surface area (Å²) in [6.07, 6.45) is 8.14. The Balaban J connectivity index is 1.40. The summed E-state index contributed by atoms with van der Waals surface area (Å²) in [4.78, 5) is 19.6. The van der Waals surface area contributed by atoms with Crippen molar-refractivity contribution in [3.63, 3.8) is 0 Å². The van der Waals surface area contributed by atoms with E-state index in [9.17, 15) is 4.79 Å². The molecule has 0 saturated carbocycles. The van der Waals surface area contributed by atoms with Crippen molar-refractivity contribution in [2.24, 2.45) is 0 Å². The molecule has 3 aliphatic rings. The van der Waals surface area contributed by atoms with Crippen molar-refractivity contribution < 1.29 is 9.53 Å². The lowest BCUT2D eigenvalue weighted by Gasteiger charge is -2.35. The smallest absolute Gasteiger partial charge is 0.222 e. The molecule has 3 aliphatic heterocycles. The number of likely N-dealkylation sites (N-methyl/N-ethyl adjacent to an activating group) is 1. The van der Waals surface area contributed by atoms with Crippen LogP contribution < -0.4 is 0 Å². The molecule has 5 heteroatoms. The number of hydrogen-bond acceptors (Lipinski definition) is 4. The van der Waals surface area contributed by atoms with E-state index in [2.05, 4.69) is 23.8 Å². The second kappa shape index (κ2) is 8.15. The fraction of sp³-hybridized carbons (Fsp3) is 0.947. The van der Waals surface area contributed by atoms with Crippen LogP contribution in [0.2, 0.25) is 0 Å². The van der Waals surface area contributed by atoms with Crippen molar-refractivity contribution >= 4 is 5.91 Å². The zero-order valence-corrected chi connectivity index (χ0v) is 15.7. The van der Waals surface area contributed by atoms with Gasteiger partial charge >= 0.3 is 0 Å². The molecule has 0 radical (unpaired) electrons. The second-order valence-corrected chi connectivity index (χ2v) is 8.16. The van der Waals surface area contributed by atoms with Crippen molar-refractivity contribution in [1.82, 2.24) is 14.7 Å². The molecule has 5 nitrogen and oxygen atoms in total. The van der Waals surface area contributed by atoms with Crippen LogP contribution in [0.4, 0.5) is 0 Å². The third-order valence-corrected chi connectivity index (χ3v) is 6.34. The van der Waals surface area contributed by atoms with E-state index in [1.807, 2.05) is 11.9 Å². The summed E-state index contributed by atoms with van der Waals surface area (Å²) < 4.78 is 5.84. The first-order valence-electron chi connectivity index (χ1n) is 9.86. The van der Waals surface area contributed by atoms with E-state index in [0.717, 1.165) is 44.8 Å². The molecule has 138 valence electrons. The summed E-state index contributed by atoms with van der Waals surface area (Å²) in [7, 11) is 4.22. The first-order chi connectivity index (χ1) is 11.5. The molecule has 3 heterocycles.